The van der Waals surface area contributed by atoms with Crippen LogP contribution in [0.1, 0.15) is 24.7 Å². The Morgan fingerprint density at radius 1 is 0.967 bits per heavy atom. The lowest BCUT2D eigenvalue weighted by Gasteiger charge is -2.48. The zero-order valence-corrected chi connectivity index (χ0v) is 17.1. The maximum atomic E-state index is 9.18. The molecule has 8 heteroatoms. The predicted molar refractivity (Wildman–Crippen MR) is 108 cm³/mol. The first-order valence-corrected chi connectivity index (χ1v) is 10.4. The molecule has 0 saturated carbocycles. The maximum absolute atomic E-state index is 9.18. The van der Waals surface area contributed by atoms with Crippen molar-refractivity contribution in [2.75, 3.05) is 39.6 Å². The quantitative estimate of drug-likeness (QED) is 0.386. The molecule has 6 atom stereocenters. The highest BCUT2D eigenvalue weighted by atomic mass is 16.8. The van der Waals surface area contributed by atoms with Crippen molar-refractivity contribution in [3.8, 4) is 0 Å². The van der Waals surface area contributed by atoms with Crippen molar-refractivity contribution in [3.63, 3.8) is 0 Å². The van der Waals surface area contributed by atoms with Gasteiger partial charge in [0.15, 0.2) is 12.6 Å². The molecule has 0 amide bonds. The molecule has 2 saturated heterocycles. The molecule has 30 heavy (non-hydrogen) atoms. The number of hydrogen-bond donors (Lipinski definition) is 2. The van der Waals surface area contributed by atoms with E-state index in [2.05, 4.69) is 6.58 Å². The predicted octanol–water partition coefficient (Wildman–Crippen LogP) is 1.56. The molecule has 0 aliphatic carbocycles. The van der Waals surface area contributed by atoms with Crippen LogP contribution >= 0.6 is 0 Å². The third-order valence-corrected chi connectivity index (χ3v) is 4.96. The van der Waals surface area contributed by atoms with E-state index in [4.69, 9.17) is 33.5 Å². The molecule has 8 nitrogen and oxygen atoms in total. The van der Waals surface area contributed by atoms with Gasteiger partial charge in [-0.25, -0.2) is 0 Å². The second kappa shape index (κ2) is 12.5. The van der Waals surface area contributed by atoms with Crippen LogP contribution in [0.3, 0.4) is 0 Å². The van der Waals surface area contributed by atoms with E-state index in [1.165, 1.54) is 0 Å². The van der Waals surface area contributed by atoms with Gasteiger partial charge in [0.2, 0.25) is 0 Å². The number of fused-ring (bicyclic) bond motifs is 1. The minimum absolute atomic E-state index is 0.0221. The number of hydrogen-bond acceptors (Lipinski definition) is 8. The standard InChI is InChI=1S/C22H32O8/c1-2-12-27-22-20(26-14-7-11-24)19(25-13-6-10-23)18-17(29-22)15-28-21(30-18)16-8-4-3-5-9-16/h2-5,8-9,17-24H,1,6-7,10-15H2/t17-,18-,19+,20-,21?,22-/m1/s1. The van der Waals surface area contributed by atoms with Gasteiger partial charge in [-0.3, -0.25) is 0 Å². The molecule has 1 aromatic carbocycles. The zero-order valence-electron chi connectivity index (χ0n) is 17.1. The van der Waals surface area contributed by atoms with E-state index in [0.717, 1.165) is 5.56 Å². The Labute approximate surface area is 177 Å². The molecule has 1 unspecified atom stereocenters. The third-order valence-electron chi connectivity index (χ3n) is 4.96. The molecule has 2 fully saturated rings. The SMILES string of the molecule is C=CCO[C@@H]1O[C@@H]2COC(c3ccccc3)O[C@H]2[C@H](OCCCO)[C@H]1OCCCO. The number of ether oxygens (including phenoxy) is 6. The van der Waals surface area contributed by atoms with Crippen LogP contribution in [0, 0.1) is 0 Å². The molecule has 2 aliphatic rings. The van der Waals surface area contributed by atoms with Crippen molar-refractivity contribution in [1.82, 2.24) is 0 Å². The molecule has 2 heterocycles. The lowest BCUT2D eigenvalue weighted by atomic mass is 9.97. The molecule has 1 aromatic rings. The lowest BCUT2D eigenvalue weighted by Crippen LogP contribution is -2.63. The average Bonchev–Trinajstić information content (AvgIpc) is 2.79. The summed E-state index contributed by atoms with van der Waals surface area (Å²) < 4.78 is 36.2. The monoisotopic (exact) mass is 424 g/mol. The van der Waals surface area contributed by atoms with Crippen LogP contribution in [0.4, 0.5) is 0 Å². The Morgan fingerprint density at radius 3 is 2.33 bits per heavy atom. The van der Waals surface area contributed by atoms with Gasteiger partial charge in [-0.2, -0.15) is 0 Å². The van der Waals surface area contributed by atoms with E-state index in [-0.39, 0.29) is 13.2 Å². The molecular weight excluding hydrogens is 392 g/mol. The van der Waals surface area contributed by atoms with Crippen molar-refractivity contribution in [1.29, 1.82) is 0 Å². The summed E-state index contributed by atoms with van der Waals surface area (Å²) in [5.74, 6) is 0. The van der Waals surface area contributed by atoms with Crippen LogP contribution in [0.15, 0.2) is 43.0 Å². The Kier molecular flexibility index (Phi) is 9.70. The fourth-order valence-electron chi connectivity index (χ4n) is 3.56. The van der Waals surface area contributed by atoms with Crippen molar-refractivity contribution in [2.45, 2.75) is 49.8 Å². The van der Waals surface area contributed by atoms with Gasteiger partial charge in [-0.05, 0) is 12.8 Å². The lowest BCUT2D eigenvalue weighted by molar-refractivity contribution is -0.369. The fourth-order valence-corrected chi connectivity index (χ4v) is 3.56. The van der Waals surface area contributed by atoms with Gasteiger partial charge < -0.3 is 38.6 Å². The van der Waals surface area contributed by atoms with Gasteiger partial charge >= 0.3 is 0 Å². The number of aliphatic hydroxyl groups is 2. The fraction of sp³-hybridized carbons (Fsp3) is 0.636. The highest BCUT2D eigenvalue weighted by molar-refractivity contribution is 5.16. The number of benzene rings is 1. The highest BCUT2D eigenvalue weighted by Gasteiger charge is 2.51. The summed E-state index contributed by atoms with van der Waals surface area (Å²) in [7, 11) is 0. The smallest absolute Gasteiger partial charge is 0.187 e. The van der Waals surface area contributed by atoms with Crippen molar-refractivity contribution >= 4 is 0 Å². The van der Waals surface area contributed by atoms with Gasteiger partial charge in [0.1, 0.15) is 24.4 Å². The van der Waals surface area contributed by atoms with E-state index in [1.54, 1.807) is 6.08 Å². The second-order valence-corrected chi connectivity index (χ2v) is 7.17. The summed E-state index contributed by atoms with van der Waals surface area (Å²) in [4.78, 5) is 0. The molecule has 0 radical (unpaired) electrons. The maximum Gasteiger partial charge on any atom is 0.187 e. The first kappa shape index (κ1) is 23.3. The summed E-state index contributed by atoms with van der Waals surface area (Å²) in [5, 5.41) is 18.3. The van der Waals surface area contributed by atoms with Gasteiger partial charge in [-0.1, -0.05) is 36.4 Å². The van der Waals surface area contributed by atoms with E-state index in [0.29, 0.717) is 39.3 Å². The van der Waals surface area contributed by atoms with Crippen molar-refractivity contribution in [3.05, 3.63) is 48.6 Å². The van der Waals surface area contributed by atoms with Crippen LogP contribution in [0.5, 0.6) is 0 Å². The minimum Gasteiger partial charge on any atom is -0.396 e. The molecule has 3 rings (SSSR count). The molecule has 2 N–H and O–H groups in total. The van der Waals surface area contributed by atoms with Crippen LogP contribution in [-0.4, -0.2) is 80.6 Å². The number of rotatable bonds is 12. The van der Waals surface area contributed by atoms with Gasteiger partial charge in [0, 0.05) is 32.0 Å². The van der Waals surface area contributed by atoms with Crippen LogP contribution in [0.2, 0.25) is 0 Å². The summed E-state index contributed by atoms with van der Waals surface area (Å²) in [5.41, 5.74) is 0.910. The average molecular weight is 424 g/mol. The van der Waals surface area contributed by atoms with Gasteiger partial charge in [0.05, 0.1) is 13.2 Å². The Morgan fingerprint density at radius 2 is 1.67 bits per heavy atom. The largest absolute Gasteiger partial charge is 0.396 e. The van der Waals surface area contributed by atoms with Crippen molar-refractivity contribution in [2.24, 2.45) is 0 Å². The van der Waals surface area contributed by atoms with Crippen LogP contribution in [-0.2, 0) is 28.4 Å². The van der Waals surface area contributed by atoms with Gasteiger partial charge in [0.25, 0.3) is 0 Å². The van der Waals surface area contributed by atoms with E-state index < -0.39 is 37.0 Å². The highest BCUT2D eigenvalue weighted by Crippen LogP contribution is 2.36. The molecule has 168 valence electrons. The molecular formula is C22H32O8. The van der Waals surface area contributed by atoms with Crippen LogP contribution < -0.4 is 0 Å². The molecule has 0 bridgehead atoms. The second-order valence-electron chi connectivity index (χ2n) is 7.17. The molecule has 2 aliphatic heterocycles. The Balaban J connectivity index is 1.78. The van der Waals surface area contributed by atoms with E-state index >= 15 is 0 Å². The Bertz CT molecular complexity index is 612. The first-order chi connectivity index (χ1) is 14.8. The topological polar surface area (TPSA) is 95.8 Å². The van der Waals surface area contributed by atoms with E-state index in [9.17, 15) is 5.11 Å². The molecule has 0 spiro atoms. The first-order valence-electron chi connectivity index (χ1n) is 10.4. The zero-order chi connectivity index (χ0) is 21.2. The minimum atomic E-state index is -0.692. The summed E-state index contributed by atoms with van der Waals surface area (Å²) in [6, 6.07) is 9.69. The summed E-state index contributed by atoms with van der Waals surface area (Å²) in [6.07, 6.45) is -0.493. The summed E-state index contributed by atoms with van der Waals surface area (Å²) >= 11 is 0. The van der Waals surface area contributed by atoms with Gasteiger partial charge in [-0.15, -0.1) is 6.58 Å². The van der Waals surface area contributed by atoms with Crippen LogP contribution in [0.25, 0.3) is 0 Å². The number of aliphatic hydroxyl groups excluding tert-OH is 2. The summed E-state index contributed by atoms with van der Waals surface area (Å²) in [6.45, 7) is 5.02. The third kappa shape index (κ3) is 6.09. The Hall–Kier alpha value is -1.36. The molecule has 0 aromatic heterocycles. The van der Waals surface area contributed by atoms with E-state index in [1.807, 2.05) is 30.3 Å². The van der Waals surface area contributed by atoms with Crippen molar-refractivity contribution < 1.29 is 38.6 Å². The normalized spacial score (nSPS) is 31.3.